The molecule has 1 aliphatic heterocycles. The molecule has 0 bridgehead atoms. The first-order valence-corrected chi connectivity index (χ1v) is 9.61. The Balaban J connectivity index is 0.00000261. The summed E-state index contributed by atoms with van der Waals surface area (Å²) >= 11 is 1.63. The average molecular weight is 409 g/mol. The highest BCUT2D eigenvalue weighted by molar-refractivity contribution is 7.11. The van der Waals surface area contributed by atoms with Crippen molar-refractivity contribution in [3.8, 4) is 0 Å². The number of carbonyl (C=O) groups excluding carboxylic acids is 2. The lowest BCUT2D eigenvalue weighted by Gasteiger charge is -2.36. The van der Waals surface area contributed by atoms with E-state index in [1.165, 1.54) is 7.11 Å². The van der Waals surface area contributed by atoms with Crippen LogP contribution in [0.25, 0.3) is 5.57 Å². The number of nitrogens with zero attached hydrogens (tertiary/aromatic N) is 1. The molecule has 3 rings (SSSR count). The average Bonchev–Trinajstić information content (AvgIpc) is 3.13. The number of thiophene rings is 1. The predicted octanol–water partition coefficient (Wildman–Crippen LogP) is 3.38. The zero-order valence-corrected chi connectivity index (χ0v) is 17.4. The Hall–Kier alpha value is -1.89. The molecule has 5 nitrogen and oxygen atoms in total. The fraction of sp³-hybridized carbons (Fsp3) is 0.400. The summed E-state index contributed by atoms with van der Waals surface area (Å²) in [4.78, 5) is 27.8. The SMILES string of the molecule is COC(=O)C1C=C2C(=CN(CC(C)C)C(CN)=C2c2cccs2)CC1=O.Cl. The summed E-state index contributed by atoms with van der Waals surface area (Å²) in [5.41, 5.74) is 10.1. The lowest BCUT2D eigenvalue weighted by Crippen LogP contribution is -2.34. The summed E-state index contributed by atoms with van der Waals surface area (Å²) in [6.07, 6.45) is 4.00. The first-order valence-electron chi connectivity index (χ1n) is 8.73. The maximum absolute atomic E-state index is 12.5. The van der Waals surface area contributed by atoms with E-state index in [0.29, 0.717) is 12.5 Å². The van der Waals surface area contributed by atoms with Gasteiger partial charge in [0.05, 0.1) is 7.11 Å². The molecule has 7 heteroatoms. The molecule has 27 heavy (non-hydrogen) atoms. The Labute approximate surface area is 170 Å². The first kappa shape index (κ1) is 21.4. The summed E-state index contributed by atoms with van der Waals surface area (Å²) in [5, 5.41) is 2.02. The second kappa shape index (κ2) is 8.87. The maximum atomic E-state index is 12.5. The largest absolute Gasteiger partial charge is 0.468 e. The molecule has 1 aromatic heterocycles. The number of halogens is 1. The number of nitrogens with two attached hydrogens (primary N) is 1. The van der Waals surface area contributed by atoms with Gasteiger partial charge in [-0.15, -0.1) is 23.7 Å². The number of ether oxygens (including phenoxy) is 1. The van der Waals surface area contributed by atoms with E-state index in [0.717, 1.165) is 33.8 Å². The number of Topliss-reactive ketones (excluding diaryl/α,β-unsaturated/α-hetero) is 1. The van der Waals surface area contributed by atoms with E-state index in [9.17, 15) is 9.59 Å². The van der Waals surface area contributed by atoms with Gasteiger partial charge in [-0.1, -0.05) is 26.0 Å². The van der Waals surface area contributed by atoms with Crippen molar-refractivity contribution >= 4 is 41.1 Å². The molecule has 0 radical (unpaired) electrons. The third-order valence-electron chi connectivity index (χ3n) is 4.59. The third-order valence-corrected chi connectivity index (χ3v) is 5.47. The zero-order chi connectivity index (χ0) is 18.8. The van der Waals surface area contributed by atoms with Gasteiger partial charge < -0.3 is 15.4 Å². The van der Waals surface area contributed by atoms with Gasteiger partial charge in [-0.05, 0) is 28.5 Å². The van der Waals surface area contributed by atoms with E-state index < -0.39 is 11.9 Å². The van der Waals surface area contributed by atoms with Gasteiger partial charge in [0.2, 0.25) is 0 Å². The number of esters is 1. The minimum absolute atomic E-state index is 0. The minimum Gasteiger partial charge on any atom is -0.468 e. The quantitative estimate of drug-likeness (QED) is 0.597. The van der Waals surface area contributed by atoms with Crippen LogP contribution >= 0.6 is 23.7 Å². The molecule has 2 aliphatic rings. The summed E-state index contributed by atoms with van der Waals surface area (Å²) in [5.74, 6) is -1.03. The van der Waals surface area contributed by atoms with Gasteiger partial charge in [-0.3, -0.25) is 9.59 Å². The van der Waals surface area contributed by atoms with Gasteiger partial charge in [0.1, 0.15) is 5.92 Å². The van der Waals surface area contributed by atoms with Crippen molar-refractivity contribution in [2.24, 2.45) is 17.6 Å². The van der Waals surface area contributed by atoms with E-state index in [2.05, 4.69) is 24.8 Å². The molecule has 146 valence electrons. The number of hydrogen-bond donors (Lipinski definition) is 1. The van der Waals surface area contributed by atoms with Crippen molar-refractivity contribution in [3.05, 3.63) is 51.5 Å². The molecule has 0 saturated heterocycles. The second-order valence-corrected chi connectivity index (χ2v) is 7.88. The Bertz CT molecular complexity index is 809. The number of carbonyl (C=O) groups is 2. The molecule has 1 atom stereocenters. The van der Waals surface area contributed by atoms with Gasteiger partial charge in [0, 0.05) is 41.9 Å². The highest BCUT2D eigenvalue weighted by atomic mass is 35.5. The molecule has 1 unspecified atom stereocenters. The number of hydrogen-bond acceptors (Lipinski definition) is 6. The van der Waals surface area contributed by atoms with Gasteiger partial charge in [-0.2, -0.15) is 0 Å². The summed E-state index contributed by atoms with van der Waals surface area (Å²) < 4.78 is 4.82. The van der Waals surface area contributed by atoms with Crippen LogP contribution in [0.4, 0.5) is 0 Å². The van der Waals surface area contributed by atoms with E-state index in [1.807, 2.05) is 17.6 Å². The summed E-state index contributed by atoms with van der Waals surface area (Å²) in [6.45, 7) is 5.52. The van der Waals surface area contributed by atoms with E-state index in [1.54, 1.807) is 17.4 Å². The van der Waals surface area contributed by atoms with Crippen LogP contribution in [-0.2, 0) is 14.3 Å². The highest BCUT2D eigenvalue weighted by Gasteiger charge is 2.36. The third kappa shape index (κ3) is 4.18. The fourth-order valence-electron chi connectivity index (χ4n) is 3.48. The summed E-state index contributed by atoms with van der Waals surface area (Å²) in [7, 11) is 1.31. The Morgan fingerprint density at radius 1 is 1.44 bits per heavy atom. The van der Waals surface area contributed by atoms with Crippen molar-refractivity contribution in [1.29, 1.82) is 0 Å². The van der Waals surface area contributed by atoms with Crippen LogP contribution in [0.5, 0.6) is 0 Å². The zero-order valence-electron chi connectivity index (χ0n) is 15.7. The molecule has 1 aliphatic carbocycles. The highest BCUT2D eigenvalue weighted by Crippen LogP contribution is 2.43. The van der Waals surface area contributed by atoms with Gasteiger partial charge >= 0.3 is 5.97 Å². The normalized spacial score (nSPS) is 19.4. The van der Waals surface area contributed by atoms with Crippen molar-refractivity contribution in [3.63, 3.8) is 0 Å². The Morgan fingerprint density at radius 2 is 2.19 bits per heavy atom. The van der Waals surface area contributed by atoms with Crippen molar-refractivity contribution < 1.29 is 14.3 Å². The number of methoxy groups -OCH3 is 1. The topological polar surface area (TPSA) is 72.6 Å². The smallest absolute Gasteiger partial charge is 0.320 e. The van der Waals surface area contributed by atoms with E-state index in [4.69, 9.17) is 10.5 Å². The summed E-state index contributed by atoms with van der Waals surface area (Å²) in [6, 6.07) is 4.05. The lowest BCUT2D eigenvalue weighted by atomic mass is 9.80. The Kier molecular flexibility index (Phi) is 7.03. The van der Waals surface area contributed by atoms with Gasteiger partial charge in [-0.25, -0.2) is 0 Å². The van der Waals surface area contributed by atoms with Crippen molar-refractivity contribution in [2.75, 3.05) is 20.2 Å². The first-order chi connectivity index (χ1) is 12.5. The number of ketones is 1. The minimum atomic E-state index is -0.849. The molecule has 0 aromatic carbocycles. The standard InChI is InChI=1S/C20H24N2O3S.ClH/c1-12(2)10-22-11-13-7-17(23)15(20(24)25-3)8-14(13)19(16(22)9-21)18-5-4-6-26-18;/h4-6,8,11-12,15H,7,9-10,21H2,1-3H3;1H. The van der Waals surface area contributed by atoms with Crippen LogP contribution in [-0.4, -0.2) is 36.9 Å². The molecule has 1 aromatic rings. The van der Waals surface area contributed by atoms with Gasteiger partial charge in [0.15, 0.2) is 5.78 Å². The molecule has 0 fully saturated rings. The fourth-order valence-corrected chi connectivity index (χ4v) is 4.29. The van der Waals surface area contributed by atoms with Crippen LogP contribution in [0, 0.1) is 11.8 Å². The molecule has 0 spiro atoms. The van der Waals surface area contributed by atoms with Crippen LogP contribution in [0.2, 0.25) is 0 Å². The molecule has 2 heterocycles. The van der Waals surface area contributed by atoms with Crippen LogP contribution in [0.1, 0.15) is 25.1 Å². The lowest BCUT2D eigenvalue weighted by molar-refractivity contribution is -0.147. The number of fused-ring (bicyclic) bond motifs is 1. The van der Waals surface area contributed by atoms with Crippen LogP contribution < -0.4 is 5.73 Å². The maximum Gasteiger partial charge on any atom is 0.320 e. The van der Waals surface area contributed by atoms with Crippen molar-refractivity contribution in [2.45, 2.75) is 20.3 Å². The molecule has 0 amide bonds. The molecule has 2 N–H and O–H groups in total. The van der Waals surface area contributed by atoms with Crippen molar-refractivity contribution in [1.82, 2.24) is 4.90 Å². The molecular weight excluding hydrogens is 384 g/mol. The monoisotopic (exact) mass is 408 g/mol. The van der Waals surface area contributed by atoms with Crippen LogP contribution in [0.3, 0.4) is 0 Å². The van der Waals surface area contributed by atoms with E-state index in [-0.39, 0.29) is 24.6 Å². The molecule has 0 saturated carbocycles. The second-order valence-electron chi connectivity index (χ2n) is 6.93. The van der Waals surface area contributed by atoms with Crippen LogP contribution in [0.15, 0.2) is 46.6 Å². The number of rotatable bonds is 5. The molecular formula is C20H25ClN2O3S. The number of allylic oxidation sites excluding steroid dienone is 3. The predicted molar refractivity (Wildman–Crippen MR) is 110 cm³/mol. The van der Waals surface area contributed by atoms with Gasteiger partial charge in [0.25, 0.3) is 0 Å². The Morgan fingerprint density at radius 3 is 2.74 bits per heavy atom. The van der Waals surface area contributed by atoms with E-state index >= 15 is 0 Å².